The third-order valence-electron chi connectivity index (χ3n) is 29.8. The van der Waals surface area contributed by atoms with Gasteiger partial charge < -0.3 is 72.2 Å². The summed E-state index contributed by atoms with van der Waals surface area (Å²) >= 11 is 3.88. The minimum Gasteiger partial charge on any atom is -0.388 e. The Morgan fingerprint density at radius 3 is 0.638 bits per heavy atom. The zero-order valence-corrected chi connectivity index (χ0v) is 106. The lowest BCUT2D eigenvalue weighted by Crippen LogP contribution is -2.40. The summed E-state index contributed by atoms with van der Waals surface area (Å²) in [6, 6.07) is 4.16. The molecule has 0 aromatic carbocycles. The Morgan fingerprint density at radius 2 is 0.530 bits per heavy atom. The van der Waals surface area contributed by atoms with Crippen molar-refractivity contribution in [2.45, 2.75) is 494 Å². The smallest absolute Gasteiger partial charge is 0.0927 e. The third kappa shape index (κ3) is 113. The second-order valence-corrected chi connectivity index (χ2v) is 49.3. The maximum Gasteiger partial charge on any atom is 0.0927 e. The van der Waals surface area contributed by atoms with Gasteiger partial charge in [0.2, 0.25) is 0 Å². The fraction of sp³-hybridized carbons (Fsp3) is 0.864. The van der Waals surface area contributed by atoms with Crippen LogP contribution in [0.3, 0.4) is 0 Å². The Balaban J connectivity index is -0.000000486. The van der Waals surface area contributed by atoms with E-state index in [0.717, 1.165) is 159 Å². The van der Waals surface area contributed by atoms with Crippen molar-refractivity contribution >= 4 is 98.2 Å². The van der Waals surface area contributed by atoms with Gasteiger partial charge in [-0.05, 0) is 352 Å². The molecule has 0 amide bonds. The maximum absolute atomic E-state index is 7.39. The van der Waals surface area contributed by atoms with Crippen LogP contribution in [0, 0.1) is 143 Å². The van der Waals surface area contributed by atoms with Gasteiger partial charge in [0.25, 0.3) is 0 Å². The summed E-state index contributed by atoms with van der Waals surface area (Å²) in [7, 11) is 10.8. The number of aryl methyl sites for hydroxylation is 1. The highest BCUT2D eigenvalue weighted by molar-refractivity contribution is 7.99. The van der Waals surface area contributed by atoms with Crippen molar-refractivity contribution in [3.05, 3.63) is 22.4 Å². The average Bonchev–Trinajstić information content (AvgIpc) is 1.79. The van der Waals surface area contributed by atoms with E-state index in [1.54, 1.807) is 69.9 Å². The molecule has 8 heterocycles. The summed E-state index contributed by atoms with van der Waals surface area (Å²) in [5.74, 6) is 19.3. The highest BCUT2D eigenvalue weighted by Gasteiger charge is 2.24. The van der Waals surface area contributed by atoms with E-state index in [4.69, 9.17) is 70.0 Å². The predicted octanol–water partition coefficient (Wildman–Crippen LogP) is 34.7. The number of thiophene rings is 1. The van der Waals surface area contributed by atoms with E-state index in [1.165, 1.54) is 351 Å². The van der Waals surface area contributed by atoms with Gasteiger partial charge in [0, 0.05) is 147 Å². The van der Waals surface area contributed by atoms with Crippen LogP contribution in [0.5, 0.6) is 0 Å². The van der Waals surface area contributed by atoms with Gasteiger partial charge in [0.05, 0.1) is 40.8 Å². The molecule has 0 unspecified atom stereocenters. The highest BCUT2D eigenvalue weighted by atomic mass is 32.2. The number of amidine groups is 7. The summed E-state index contributed by atoms with van der Waals surface area (Å²) in [5.41, 5.74) is 10.4. The fourth-order valence-electron chi connectivity index (χ4n) is 16.4. The van der Waals surface area contributed by atoms with Gasteiger partial charge in [-0.3, -0.25) is 42.4 Å². The molecule has 0 bridgehead atoms. The van der Waals surface area contributed by atoms with Crippen LogP contribution >= 0.6 is 23.1 Å². The van der Waals surface area contributed by atoms with Gasteiger partial charge in [-0.2, -0.15) is 11.8 Å². The van der Waals surface area contributed by atoms with E-state index in [0.29, 0.717) is 58.6 Å². The lowest BCUT2D eigenvalue weighted by atomic mass is 9.82. The molecule has 1 aromatic rings. The van der Waals surface area contributed by atoms with E-state index in [9.17, 15) is 0 Å². The number of likely N-dealkylation sites (tertiary alicyclic amines) is 3. The zero-order chi connectivity index (χ0) is 114. The second kappa shape index (κ2) is 103. The number of hydrogen-bond acceptors (Lipinski definition) is 17. The van der Waals surface area contributed by atoms with Crippen LogP contribution < -0.4 is 11.1 Å². The van der Waals surface area contributed by atoms with Crippen LogP contribution in [-0.2, 0) is 4.74 Å². The number of thioether (sulfide) groups is 1. The highest BCUT2D eigenvalue weighted by Crippen LogP contribution is 2.32. The number of aliphatic imine (C=N–C) groups is 2. The molecule has 0 spiro atoms. The van der Waals surface area contributed by atoms with E-state index < -0.39 is 0 Å². The van der Waals surface area contributed by atoms with Gasteiger partial charge in [0.1, 0.15) is 0 Å². The van der Waals surface area contributed by atoms with Gasteiger partial charge in [-0.15, -0.1) is 11.3 Å². The van der Waals surface area contributed by atoms with Crippen LogP contribution in [0.4, 0.5) is 0 Å². The van der Waals surface area contributed by atoms with Gasteiger partial charge in [-0.1, -0.05) is 261 Å². The van der Waals surface area contributed by atoms with Gasteiger partial charge in [-0.25, -0.2) is 0 Å². The van der Waals surface area contributed by atoms with Crippen LogP contribution in [0.1, 0.15) is 492 Å². The molecule has 874 valence electrons. The van der Waals surface area contributed by atoms with Crippen LogP contribution in [0.2, 0.25) is 0 Å². The molecule has 18 rings (SSSR count). The number of piperidine rings is 2. The number of hydrogen-bond donors (Lipinski definition) is 13. The minimum absolute atomic E-state index is 0.593. The van der Waals surface area contributed by atoms with Gasteiger partial charge >= 0.3 is 0 Å². The quantitative estimate of drug-likeness (QED) is 0.0767. The van der Waals surface area contributed by atoms with E-state index in [1.807, 2.05) is 102 Å². The third-order valence-corrected chi connectivity index (χ3v) is 31.6. The van der Waals surface area contributed by atoms with Crippen LogP contribution in [0.25, 0.3) is 0 Å². The van der Waals surface area contributed by atoms with E-state index >= 15 is 0 Å². The number of rotatable bonds is 4. The molecule has 17 aliphatic rings. The topological polar surface area (TPSA) is 354 Å². The Bertz CT molecular complexity index is 3100. The molecule has 1 aromatic heterocycles. The number of ether oxygens (including phenoxy) is 1. The lowest BCUT2D eigenvalue weighted by Gasteiger charge is -2.31. The lowest BCUT2D eigenvalue weighted by molar-refractivity contribution is 0.0716. The first-order valence-corrected chi connectivity index (χ1v) is 62.3. The van der Waals surface area contributed by atoms with Crippen molar-refractivity contribution in [1.29, 1.82) is 59.5 Å². The first-order valence-electron chi connectivity index (χ1n) is 60.3. The van der Waals surface area contributed by atoms with Gasteiger partial charge in [0.15, 0.2) is 0 Å². The van der Waals surface area contributed by atoms with Crippen molar-refractivity contribution in [3.8, 4) is 0 Å². The molecule has 7 aliphatic heterocycles. The molecule has 0 radical (unpaired) electrons. The zero-order valence-electron chi connectivity index (χ0n) is 104. The molecule has 14 N–H and O–H groups in total. The largest absolute Gasteiger partial charge is 0.388 e. The summed E-state index contributed by atoms with van der Waals surface area (Å²) < 4.78 is 5.14. The Kier molecular flexibility index (Phi) is 105. The first kappa shape index (κ1) is 152. The van der Waals surface area contributed by atoms with Crippen molar-refractivity contribution in [2.75, 3.05) is 132 Å². The van der Waals surface area contributed by atoms with E-state index in [-0.39, 0.29) is 0 Å². The first-order chi connectivity index (χ1) is 70.4. The molecular weight excluding hydrogens is 1880 g/mol. The molecule has 10 aliphatic carbocycles. The van der Waals surface area contributed by atoms with Crippen molar-refractivity contribution in [1.82, 2.24) is 34.7 Å². The average molecular weight is 2130 g/mol. The molecule has 7 saturated heterocycles. The predicted molar refractivity (Wildman–Crippen MR) is 672 cm³/mol. The molecule has 0 atom stereocenters. The summed E-state index contributed by atoms with van der Waals surface area (Å²) in [6.07, 6.45) is 69.9. The minimum atomic E-state index is 0.593. The summed E-state index contributed by atoms with van der Waals surface area (Å²) in [4.78, 5) is 20.6. The maximum atomic E-state index is 7.39. The van der Waals surface area contributed by atoms with Crippen LogP contribution in [0.15, 0.2) is 27.5 Å². The number of nitrogens with zero attached hydrogens (tertiary/aromatic N) is 8. The molecule has 10 saturated carbocycles. The van der Waals surface area contributed by atoms with Crippen LogP contribution in [-0.4, -0.2) is 237 Å². The standard InChI is InChI=1S/C8H15N.C7H14N2.C7H13N.3C7H14.C6H12N2.C6H13N.C6H11N.C6H12O.C6H12S.C6H12.C5H10N2.C5H9N.C5H6S.C5H10.C4H8N2.2C4H10N2.C4H9N.C4H8.C3H8N2.C3H7N/c1-7(9)8-5-3-2-4-6-8;1-7(8)9-5-3-2-4-6-9;1-6(8)7-4-2-3-5-7;3*1-7-5-3-2-4-6-7;1-6(7)8-4-2-3-5-8;1-6-2-4-7-5-3-6;1-5(7)6-3-2-4-6;2*1-6-2-4-7-5-3-6;1-6-4-2-3-5-6;1-5(6)7-3-2-4-7;1-4(6)5-2-3-5;1-5-3-2-4-6-5;1-5-3-2-4-5;1-4(5)6-2-3-6;2*1-4(5)6(2)3;1-4(2)5-3;1-4-2-3-4;1-3(4)5-2;1-3(2)4/h8-9H,2-6H2,1H3;8H,2-6H2,1H3;7-8H,2-5H2,1H3;3*7H,2-6H2,1H3;7H,2-5H2,1H3;6-7H,2-5H2,1H3;6-7H,2-4H2,1H3;2*6H,2-5H2,1H3;6H,2-5H2,1H3;6H,2-4H2,1H3;5-6H,2-3H2,1H3;2-4H,1H3;5H,2-4H2,1H3;5H,2-3H2,1H3;2*5H,1-3H3;1-3H3;4H,2-3H2,1H3;1-2H3,(H2,4,5);4H,1-2H3. The number of nitrogens with two attached hydrogens (primary N) is 1. The van der Waals surface area contributed by atoms with Crippen molar-refractivity contribution < 1.29 is 4.74 Å². The molecule has 22 nitrogen and oxygen atoms in total. The van der Waals surface area contributed by atoms with Crippen molar-refractivity contribution in [3.63, 3.8) is 0 Å². The second-order valence-electron chi connectivity index (χ2n) is 46.9. The molecule has 149 heavy (non-hydrogen) atoms. The Morgan fingerprint density at radius 1 is 0.309 bits per heavy atom. The summed E-state index contributed by atoms with van der Waals surface area (Å²) in [6.45, 7) is 64.1. The van der Waals surface area contributed by atoms with Crippen molar-refractivity contribution in [2.24, 2.45) is 92.7 Å². The Labute approximate surface area is 932 Å². The summed E-state index contributed by atoms with van der Waals surface area (Å²) in [5, 5.41) is 83.0. The molecule has 17 fully saturated rings. The fourth-order valence-corrected chi connectivity index (χ4v) is 18.2. The normalized spacial score (nSPS) is 19.7. The SMILES string of the molecule is CC(=N)C1CC1.CC(=N)C1CCC1.CC(=N)C1CCCC1.CC(=N)C1CCCCC1.CC(=N)N(C)C.CC(=N)N(C)C.CC(=N)N1CC1.CC(=N)N1CCC1.CC(=N)N1CCCC1.CC(=N)N1CCCCC1.CC(C)=N.CC1CC1.CC1CCC1.CC1CCCC1.CC1CCCCC1.CC1CCCCC1.CC1CCCCC1.CC1CCNCC1.CC1CCOCC1.CC1CCSCC1.CN=C(C)C.CN=C(C)N.Cc1cccs1. The van der Waals surface area contributed by atoms with E-state index in [2.05, 4.69) is 129 Å². The molecule has 24 heteroatoms. The monoisotopic (exact) mass is 2130 g/mol. The molecular formula is C125H251N21OS2. The number of nitrogens with one attached hydrogen (secondary N) is 12. The Hall–Kier alpha value is -5.72.